The highest BCUT2D eigenvalue weighted by Crippen LogP contribution is 2.35. The molecule has 0 atom stereocenters. The van der Waals surface area contributed by atoms with Crippen LogP contribution in [0.4, 0.5) is 0 Å². The molecular formula is C22H19IO5S2. The Balaban J connectivity index is 2.15. The quantitative estimate of drug-likeness (QED) is 0.237. The summed E-state index contributed by atoms with van der Waals surface area (Å²) in [5.74, 6) is -0.239. The van der Waals surface area contributed by atoms with Crippen LogP contribution in [0.2, 0.25) is 0 Å². The molecule has 0 aliphatic heterocycles. The summed E-state index contributed by atoms with van der Waals surface area (Å²) in [6.45, 7) is 3.69. The summed E-state index contributed by atoms with van der Waals surface area (Å²) in [4.78, 5) is 0.000676. The van der Waals surface area contributed by atoms with Crippen LogP contribution in [0.25, 0.3) is 5.76 Å². The SMILES string of the molecule is Cc1ccc(S(=O)(=O)O/C(=C(/I)S(=O)(=O)c2ccc(C)cc2)c2ccccc2)cc1. The van der Waals surface area contributed by atoms with E-state index in [1.807, 2.05) is 13.8 Å². The maximum atomic E-state index is 13.2. The Labute approximate surface area is 190 Å². The van der Waals surface area contributed by atoms with Crippen molar-refractivity contribution in [1.29, 1.82) is 0 Å². The van der Waals surface area contributed by atoms with Crippen LogP contribution in [-0.2, 0) is 24.1 Å². The van der Waals surface area contributed by atoms with Gasteiger partial charge in [-0.3, -0.25) is 0 Å². The van der Waals surface area contributed by atoms with Crippen molar-refractivity contribution >= 4 is 48.3 Å². The minimum atomic E-state index is -4.25. The van der Waals surface area contributed by atoms with Gasteiger partial charge < -0.3 is 4.18 Å². The maximum absolute atomic E-state index is 13.2. The highest BCUT2D eigenvalue weighted by molar-refractivity contribution is 14.1. The average Bonchev–Trinajstić information content (AvgIpc) is 2.73. The molecule has 3 rings (SSSR count). The molecule has 0 fully saturated rings. The van der Waals surface area contributed by atoms with Crippen LogP contribution in [-0.4, -0.2) is 16.8 Å². The molecule has 0 spiro atoms. The van der Waals surface area contributed by atoms with Gasteiger partial charge in [0.25, 0.3) is 0 Å². The smallest absolute Gasteiger partial charge is 0.339 e. The normalized spacial score (nSPS) is 12.9. The predicted octanol–water partition coefficient (Wildman–Crippen LogP) is 5.24. The van der Waals surface area contributed by atoms with Gasteiger partial charge >= 0.3 is 10.1 Å². The van der Waals surface area contributed by atoms with Crippen LogP contribution >= 0.6 is 22.6 Å². The van der Waals surface area contributed by atoms with Crippen molar-refractivity contribution in [2.45, 2.75) is 23.6 Å². The van der Waals surface area contributed by atoms with Crippen molar-refractivity contribution in [3.8, 4) is 0 Å². The topological polar surface area (TPSA) is 77.5 Å². The lowest BCUT2D eigenvalue weighted by atomic mass is 10.2. The Kier molecular flexibility index (Phi) is 6.68. The van der Waals surface area contributed by atoms with Crippen molar-refractivity contribution in [3.05, 3.63) is 98.5 Å². The van der Waals surface area contributed by atoms with Crippen LogP contribution in [0.1, 0.15) is 16.7 Å². The molecule has 30 heavy (non-hydrogen) atoms. The van der Waals surface area contributed by atoms with Crippen molar-refractivity contribution in [2.75, 3.05) is 0 Å². The highest BCUT2D eigenvalue weighted by atomic mass is 127. The Morgan fingerprint density at radius 2 is 1.17 bits per heavy atom. The summed E-state index contributed by atoms with van der Waals surface area (Å²) in [5.41, 5.74) is 2.15. The first-order valence-electron chi connectivity index (χ1n) is 8.89. The molecule has 5 nitrogen and oxygen atoms in total. The Hall–Kier alpha value is -2.17. The van der Waals surface area contributed by atoms with E-state index >= 15 is 0 Å². The number of hydrogen-bond donors (Lipinski definition) is 0. The summed E-state index contributed by atoms with van der Waals surface area (Å²) in [7, 11) is -8.23. The second-order valence-corrected chi connectivity index (χ2v) is 11.9. The fourth-order valence-electron chi connectivity index (χ4n) is 2.59. The van der Waals surface area contributed by atoms with Crippen LogP contribution < -0.4 is 0 Å². The minimum Gasteiger partial charge on any atom is -0.376 e. The number of hydrogen-bond acceptors (Lipinski definition) is 5. The molecule has 0 aliphatic rings. The monoisotopic (exact) mass is 554 g/mol. The van der Waals surface area contributed by atoms with Gasteiger partial charge in [0.15, 0.2) is 8.67 Å². The Morgan fingerprint density at radius 1 is 0.700 bits per heavy atom. The largest absolute Gasteiger partial charge is 0.376 e. The van der Waals surface area contributed by atoms with Gasteiger partial charge in [0.2, 0.25) is 9.84 Å². The third-order valence-corrected chi connectivity index (χ3v) is 9.30. The Bertz CT molecular complexity index is 1280. The van der Waals surface area contributed by atoms with E-state index in [2.05, 4.69) is 0 Å². The zero-order valence-corrected chi connectivity index (χ0v) is 20.0. The molecule has 0 aliphatic carbocycles. The Morgan fingerprint density at radius 3 is 1.67 bits per heavy atom. The summed E-state index contributed by atoms with van der Waals surface area (Å²) >= 11 is 1.63. The second kappa shape index (κ2) is 8.91. The van der Waals surface area contributed by atoms with E-state index in [0.717, 1.165) is 11.1 Å². The second-order valence-electron chi connectivity index (χ2n) is 6.64. The minimum absolute atomic E-state index is 0.0570. The summed E-state index contributed by atoms with van der Waals surface area (Å²) in [6, 6.07) is 20.8. The van der Waals surface area contributed by atoms with Crippen molar-refractivity contribution in [2.24, 2.45) is 0 Å². The standard InChI is InChI=1S/C22H19IO5S2/c1-16-8-12-19(13-9-16)29(24,25)22(23)21(18-6-4-3-5-7-18)28-30(26,27)20-14-10-17(2)11-15-20/h3-15H,1-2H3/b22-21-. The third kappa shape index (κ3) is 4.93. The fourth-order valence-corrected chi connectivity index (χ4v) is 6.05. The molecule has 0 radical (unpaired) electrons. The van der Waals surface area contributed by atoms with Gasteiger partial charge in [-0.2, -0.15) is 8.42 Å². The number of aryl methyl sites for hydroxylation is 2. The molecule has 156 valence electrons. The van der Waals surface area contributed by atoms with E-state index in [0.29, 0.717) is 5.56 Å². The molecule has 0 saturated heterocycles. The van der Waals surface area contributed by atoms with Gasteiger partial charge in [-0.25, -0.2) is 8.42 Å². The van der Waals surface area contributed by atoms with E-state index in [1.165, 1.54) is 24.3 Å². The molecule has 0 unspecified atom stereocenters. The van der Waals surface area contributed by atoms with Crippen molar-refractivity contribution < 1.29 is 21.0 Å². The molecule has 0 amide bonds. The zero-order valence-electron chi connectivity index (χ0n) is 16.2. The number of rotatable bonds is 6. The number of halogens is 1. The van der Waals surface area contributed by atoms with Gasteiger partial charge in [0.05, 0.1) is 4.90 Å². The van der Waals surface area contributed by atoms with Crippen LogP contribution in [0.3, 0.4) is 0 Å². The predicted molar refractivity (Wildman–Crippen MR) is 125 cm³/mol. The van der Waals surface area contributed by atoms with E-state index in [9.17, 15) is 16.8 Å². The van der Waals surface area contributed by atoms with Crippen LogP contribution in [0, 0.1) is 13.8 Å². The first-order chi connectivity index (χ1) is 14.1. The summed E-state index contributed by atoms with van der Waals surface area (Å²) in [5, 5.41) is 0. The van der Waals surface area contributed by atoms with Crippen molar-refractivity contribution in [3.63, 3.8) is 0 Å². The average molecular weight is 554 g/mol. The first-order valence-corrected chi connectivity index (χ1v) is 12.9. The lowest BCUT2D eigenvalue weighted by molar-refractivity contribution is 0.463. The molecule has 0 N–H and O–H groups in total. The van der Waals surface area contributed by atoms with Gasteiger partial charge in [-0.15, -0.1) is 0 Å². The first kappa shape index (κ1) is 22.5. The van der Waals surface area contributed by atoms with Gasteiger partial charge in [0.1, 0.15) is 4.90 Å². The van der Waals surface area contributed by atoms with Gasteiger partial charge in [-0.05, 0) is 60.7 Å². The van der Waals surface area contributed by atoms with Crippen LogP contribution in [0.15, 0.2) is 91.6 Å². The van der Waals surface area contributed by atoms with E-state index in [1.54, 1.807) is 77.2 Å². The molecule has 0 aromatic heterocycles. The van der Waals surface area contributed by atoms with E-state index in [-0.39, 0.29) is 18.5 Å². The van der Waals surface area contributed by atoms with E-state index in [4.69, 9.17) is 4.18 Å². The molecule has 3 aromatic rings. The molecule has 0 saturated carbocycles. The van der Waals surface area contributed by atoms with Gasteiger partial charge in [0, 0.05) is 5.56 Å². The summed E-state index contributed by atoms with van der Waals surface area (Å²) in [6.07, 6.45) is 0. The number of sulfone groups is 1. The lowest BCUT2D eigenvalue weighted by Crippen LogP contribution is -2.10. The molecular weight excluding hydrogens is 535 g/mol. The maximum Gasteiger partial charge on any atom is 0.339 e. The molecule has 0 heterocycles. The highest BCUT2D eigenvalue weighted by Gasteiger charge is 2.28. The molecule has 3 aromatic carbocycles. The molecule has 8 heteroatoms. The van der Waals surface area contributed by atoms with Crippen molar-refractivity contribution in [1.82, 2.24) is 0 Å². The fraction of sp³-hybridized carbons (Fsp3) is 0.0909. The summed E-state index contributed by atoms with van der Waals surface area (Å²) < 4.78 is 57.3. The zero-order chi connectivity index (χ0) is 21.9. The lowest BCUT2D eigenvalue weighted by Gasteiger charge is -2.14. The van der Waals surface area contributed by atoms with Crippen LogP contribution in [0.5, 0.6) is 0 Å². The molecule has 0 bridgehead atoms. The third-order valence-electron chi connectivity index (χ3n) is 4.28. The van der Waals surface area contributed by atoms with E-state index < -0.39 is 20.0 Å². The van der Waals surface area contributed by atoms with Gasteiger partial charge in [-0.1, -0.05) is 65.7 Å². The number of benzene rings is 3.